The Morgan fingerprint density at radius 2 is 2.38 bits per heavy atom. The maximum Gasteiger partial charge on any atom is 0.147 e. The zero-order valence-corrected chi connectivity index (χ0v) is 6.55. The summed E-state index contributed by atoms with van der Waals surface area (Å²) in [4.78, 5) is 10.4. The minimum Gasteiger partial charge on any atom is -0.298 e. The zero-order chi connectivity index (χ0) is 6.57. The Balaban J connectivity index is 3.32. The van der Waals surface area contributed by atoms with Crippen LogP contribution in [0.15, 0.2) is 0 Å². The van der Waals surface area contributed by atoms with Gasteiger partial charge in [-0.25, -0.2) is 4.72 Å². The molecule has 0 aliphatic rings. The van der Waals surface area contributed by atoms with Crippen LogP contribution in [-0.4, -0.2) is 11.8 Å². The number of thiol groups is 1. The molecule has 0 fully saturated rings. The molecule has 0 aliphatic carbocycles. The van der Waals surface area contributed by atoms with Gasteiger partial charge in [-0.15, -0.1) is 0 Å². The first-order chi connectivity index (χ1) is 3.68. The number of nitrogens with one attached hydrogen (secondary N) is 1. The van der Waals surface area contributed by atoms with Crippen molar-refractivity contribution >= 4 is 28.4 Å². The van der Waals surface area contributed by atoms with Crippen molar-refractivity contribution in [2.45, 2.75) is 19.9 Å². The van der Waals surface area contributed by atoms with Crippen LogP contribution in [0.1, 0.15) is 13.8 Å². The molecule has 0 aromatic rings. The van der Waals surface area contributed by atoms with Crippen LogP contribution in [0.4, 0.5) is 0 Å². The fourth-order valence-corrected chi connectivity index (χ4v) is 0.960. The first-order valence-corrected chi connectivity index (χ1v) is 4.11. The molecule has 2 nitrogen and oxygen atoms in total. The lowest BCUT2D eigenvalue weighted by atomic mass is 10.3. The van der Waals surface area contributed by atoms with Gasteiger partial charge in [-0.2, -0.15) is 0 Å². The second-order valence-corrected chi connectivity index (χ2v) is 2.51. The van der Waals surface area contributed by atoms with Gasteiger partial charge >= 0.3 is 0 Å². The summed E-state index contributed by atoms with van der Waals surface area (Å²) in [7, 11) is 1.16. The topological polar surface area (TPSA) is 29.1 Å². The lowest BCUT2D eigenvalue weighted by Crippen LogP contribution is -2.25. The largest absolute Gasteiger partial charge is 0.298 e. The standard InChI is InChI=1S/C4H9NOS2/c1-3(4(2)6)5-8-7/h3,5,7H,1-2H3. The minimum absolute atomic E-state index is 0.0856. The van der Waals surface area contributed by atoms with E-state index in [2.05, 4.69) is 16.4 Å². The van der Waals surface area contributed by atoms with Crippen molar-refractivity contribution in [1.29, 1.82) is 0 Å². The predicted molar refractivity (Wildman–Crippen MR) is 39.9 cm³/mol. The molecule has 0 saturated heterocycles. The van der Waals surface area contributed by atoms with Crippen LogP contribution in [0.2, 0.25) is 0 Å². The van der Waals surface area contributed by atoms with Crippen LogP contribution in [0.25, 0.3) is 0 Å². The summed E-state index contributed by atoms with van der Waals surface area (Å²) in [6.07, 6.45) is 0. The van der Waals surface area contributed by atoms with Crippen LogP contribution in [0, 0.1) is 0 Å². The first-order valence-electron chi connectivity index (χ1n) is 2.25. The molecule has 0 radical (unpaired) electrons. The van der Waals surface area contributed by atoms with Crippen LogP contribution in [0.5, 0.6) is 0 Å². The lowest BCUT2D eigenvalue weighted by Gasteiger charge is -2.03. The average Bonchev–Trinajstić information content (AvgIpc) is 1.67. The SMILES string of the molecule is CC(=O)C(C)NSS. The highest BCUT2D eigenvalue weighted by atomic mass is 33.1. The second-order valence-electron chi connectivity index (χ2n) is 1.54. The van der Waals surface area contributed by atoms with Gasteiger partial charge in [-0.3, -0.25) is 4.79 Å². The Morgan fingerprint density at radius 1 is 1.88 bits per heavy atom. The van der Waals surface area contributed by atoms with Crippen molar-refractivity contribution in [3.63, 3.8) is 0 Å². The quantitative estimate of drug-likeness (QED) is 0.359. The predicted octanol–water partition coefficient (Wildman–Crippen LogP) is 1.05. The summed E-state index contributed by atoms with van der Waals surface area (Å²) < 4.78 is 2.78. The van der Waals surface area contributed by atoms with Gasteiger partial charge < -0.3 is 0 Å². The van der Waals surface area contributed by atoms with E-state index in [1.54, 1.807) is 13.8 Å². The Bertz CT molecular complexity index is 86.1. The summed E-state index contributed by atoms with van der Waals surface area (Å²) in [6.45, 7) is 3.34. The molecule has 0 rings (SSSR count). The molecule has 1 atom stereocenters. The van der Waals surface area contributed by atoms with E-state index >= 15 is 0 Å². The van der Waals surface area contributed by atoms with Gasteiger partial charge in [-0.05, 0) is 24.8 Å². The molecule has 0 amide bonds. The fraction of sp³-hybridized carbons (Fsp3) is 0.750. The molecule has 0 aromatic heterocycles. The van der Waals surface area contributed by atoms with E-state index in [0.29, 0.717) is 0 Å². The molecule has 1 N–H and O–H groups in total. The average molecular weight is 151 g/mol. The number of hydrogen-bond donors (Lipinski definition) is 2. The molecule has 1 unspecified atom stereocenters. The van der Waals surface area contributed by atoms with E-state index in [-0.39, 0.29) is 11.8 Å². The minimum atomic E-state index is -0.0856. The smallest absolute Gasteiger partial charge is 0.147 e. The first kappa shape index (κ1) is 8.33. The van der Waals surface area contributed by atoms with Crippen molar-refractivity contribution in [3.8, 4) is 0 Å². The molecule has 4 heteroatoms. The van der Waals surface area contributed by atoms with Crippen molar-refractivity contribution in [3.05, 3.63) is 0 Å². The van der Waals surface area contributed by atoms with Gasteiger partial charge in [0.15, 0.2) is 0 Å². The normalized spacial score (nSPS) is 13.4. The second kappa shape index (κ2) is 4.23. The van der Waals surface area contributed by atoms with Gasteiger partial charge in [0.05, 0.1) is 6.04 Å². The number of hydrogen-bond acceptors (Lipinski definition) is 4. The summed E-state index contributed by atoms with van der Waals surface area (Å²) in [6, 6.07) is -0.0856. The third-order valence-corrected chi connectivity index (χ3v) is 1.61. The Kier molecular flexibility index (Phi) is 4.41. The number of carbonyl (C=O) groups excluding carboxylic acids is 1. The van der Waals surface area contributed by atoms with Gasteiger partial charge in [0.25, 0.3) is 0 Å². The van der Waals surface area contributed by atoms with Crippen molar-refractivity contribution < 1.29 is 4.79 Å². The molecule has 0 aliphatic heterocycles. The Hall–Kier alpha value is 0.330. The van der Waals surface area contributed by atoms with Gasteiger partial charge in [0, 0.05) is 0 Å². The third-order valence-electron chi connectivity index (χ3n) is 0.839. The summed E-state index contributed by atoms with van der Waals surface area (Å²) in [5.74, 6) is 0.131. The van der Waals surface area contributed by atoms with Crippen LogP contribution < -0.4 is 4.72 Å². The van der Waals surface area contributed by atoms with E-state index in [0.717, 1.165) is 11.0 Å². The summed E-state index contributed by atoms with van der Waals surface area (Å²) >= 11 is 3.81. The molecule has 0 spiro atoms. The van der Waals surface area contributed by atoms with Crippen molar-refractivity contribution in [2.24, 2.45) is 0 Å². The highest BCUT2D eigenvalue weighted by molar-refractivity contribution is 8.67. The van der Waals surface area contributed by atoms with E-state index < -0.39 is 0 Å². The molecule has 0 bridgehead atoms. The lowest BCUT2D eigenvalue weighted by molar-refractivity contribution is -0.118. The molecule has 0 saturated carbocycles. The monoisotopic (exact) mass is 151 g/mol. The van der Waals surface area contributed by atoms with E-state index in [1.165, 1.54) is 0 Å². The number of ketones is 1. The third kappa shape index (κ3) is 3.35. The summed E-state index contributed by atoms with van der Waals surface area (Å²) in [5.41, 5.74) is 0. The van der Waals surface area contributed by atoms with E-state index in [4.69, 9.17) is 0 Å². The number of rotatable bonds is 3. The van der Waals surface area contributed by atoms with Gasteiger partial charge in [0.2, 0.25) is 0 Å². The highest BCUT2D eigenvalue weighted by Gasteiger charge is 2.03. The molecule has 8 heavy (non-hydrogen) atoms. The number of Topliss-reactive ketones (excluding diaryl/α,β-unsaturated/α-hetero) is 1. The zero-order valence-electron chi connectivity index (χ0n) is 4.84. The van der Waals surface area contributed by atoms with Gasteiger partial charge in [-0.1, -0.05) is 11.7 Å². The maximum atomic E-state index is 10.4. The van der Waals surface area contributed by atoms with Crippen LogP contribution in [-0.2, 0) is 4.79 Å². The molecule has 48 valence electrons. The maximum absolute atomic E-state index is 10.4. The molecule has 0 heterocycles. The van der Waals surface area contributed by atoms with Gasteiger partial charge in [0.1, 0.15) is 5.78 Å². The molecular formula is C4H9NOS2. The number of carbonyl (C=O) groups is 1. The van der Waals surface area contributed by atoms with E-state index in [9.17, 15) is 4.79 Å². The molecular weight excluding hydrogens is 142 g/mol. The highest BCUT2D eigenvalue weighted by Crippen LogP contribution is 1.99. The Morgan fingerprint density at radius 3 is 2.50 bits per heavy atom. The fourth-order valence-electron chi connectivity index (χ4n) is 0.162. The van der Waals surface area contributed by atoms with E-state index in [1.807, 2.05) is 0 Å². The Labute approximate surface area is 58.4 Å². The van der Waals surface area contributed by atoms with Crippen molar-refractivity contribution in [1.82, 2.24) is 4.72 Å². The van der Waals surface area contributed by atoms with Crippen molar-refractivity contribution in [2.75, 3.05) is 0 Å². The van der Waals surface area contributed by atoms with Crippen LogP contribution in [0.3, 0.4) is 0 Å². The van der Waals surface area contributed by atoms with Crippen LogP contribution >= 0.6 is 22.6 Å². The summed E-state index contributed by atoms with van der Waals surface area (Å²) in [5, 5.41) is 0. The molecule has 0 aromatic carbocycles.